The van der Waals surface area contributed by atoms with E-state index in [0.29, 0.717) is 18.8 Å². The van der Waals surface area contributed by atoms with Crippen LogP contribution in [0.5, 0.6) is 0 Å². The Balaban J connectivity index is 2.28. The molecule has 1 unspecified atom stereocenters. The van der Waals surface area contributed by atoms with E-state index >= 15 is 0 Å². The zero-order valence-electron chi connectivity index (χ0n) is 10.7. The van der Waals surface area contributed by atoms with E-state index in [0.717, 1.165) is 30.4 Å². The molecule has 1 aliphatic carbocycles. The highest BCUT2D eigenvalue weighted by molar-refractivity contribution is 5.38. The molecule has 0 aromatic heterocycles. The lowest BCUT2D eigenvalue weighted by Crippen LogP contribution is -2.25. The third-order valence-electron chi connectivity index (χ3n) is 4.19. The minimum Gasteiger partial charge on any atom is -0.385 e. The fraction of sp³-hybridized carbons (Fsp3) is 0.600. The summed E-state index contributed by atoms with van der Waals surface area (Å²) >= 11 is 0. The predicted octanol–water partition coefficient (Wildman–Crippen LogP) is 3.79. The Hall–Kier alpha value is -0.890. The lowest BCUT2D eigenvalue weighted by atomic mass is 9.83. The van der Waals surface area contributed by atoms with Crippen molar-refractivity contribution in [1.29, 1.82) is 0 Å². The third kappa shape index (κ3) is 2.23. The molecule has 2 rings (SSSR count). The van der Waals surface area contributed by atoms with E-state index in [-0.39, 0.29) is 5.82 Å². The first-order valence-corrected chi connectivity index (χ1v) is 6.61. The number of benzene rings is 1. The van der Waals surface area contributed by atoms with Gasteiger partial charge in [-0.05, 0) is 42.4 Å². The third-order valence-corrected chi connectivity index (χ3v) is 4.19. The zero-order valence-corrected chi connectivity index (χ0v) is 10.7. The fourth-order valence-electron chi connectivity index (χ4n) is 2.98. The Bertz CT molecular complexity index is 398. The van der Waals surface area contributed by atoms with Crippen LogP contribution in [0.2, 0.25) is 0 Å². The van der Waals surface area contributed by atoms with Gasteiger partial charge in [-0.25, -0.2) is 4.39 Å². The Kier molecular flexibility index (Phi) is 3.53. The normalized spacial score (nSPS) is 23.1. The number of rotatable bonds is 4. The van der Waals surface area contributed by atoms with Gasteiger partial charge in [-0.2, -0.15) is 0 Å². The maximum Gasteiger partial charge on any atom is 0.126 e. The van der Waals surface area contributed by atoms with Crippen LogP contribution in [0, 0.1) is 11.7 Å². The second kappa shape index (κ2) is 4.77. The standard InChI is InChI=1S/C15H21FO/c1-3-11(4-2)10-15(17)9-8-12-13(15)6-5-7-14(12)16/h5-7,11,17H,3-4,8-10H2,1-2H3. The van der Waals surface area contributed by atoms with Crippen LogP contribution in [-0.2, 0) is 12.0 Å². The highest BCUT2D eigenvalue weighted by Gasteiger charge is 2.38. The zero-order chi connectivity index (χ0) is 12.5. The average molecular weight is 236 g/mol. The van der Waals surface area contributed by atoms with E-state index in [1.54, 1.807) is 6.07 Å². The molecule has 0 saturated heterocycles. The molecule has 0 bridgehead atoms. The first-order valence-electron chi connectivity index (χ1n) is 6.61. The highest BCUT2D eigenvalue weighted by Crippen LogP contribution is 2.43. The van der Waals surface area contributed by atoms with Gasteiger partial charge in [0, 0.05) is 0 Å². The van der Waals surface area contributed by atoms with Crippen LogP contribution in [0.15, 0.2) is 18.2 Å². The van der Waals surface area contributed by atoms with Crippen molar-refractivity contribution in [2.75, 3.05) is 0 Å². The molecule has 1 N–H and O–H groups in total. The van der Waals surface area contributed by atoms with E-state index in [4.69, 9.17) is 0 Å². The maximum absolute atomic E-state index is 13.6. The molecule has 0 radical (unpaired) electrons. The first-order chi connectivity index (χ1) is 8.10. The van der Waals surface area contributed by atoms with E-state index in [1.807, 2.05) is 6.07 Å². The molecule has 0 amide bonds. The van der Waals surface area contributed by atoms with Gasteiger partial charge < -0.3 is 5.11 Å². The second-order valence-corrected chi connectivity index (χ2v) is 5.18. The van der Waals surface area contributed by atoms with E-state index in [1.165, 1.54) is 6.07 Å². The van der Waals surface area contributed by atoms with Gasteiger partial charge in [-0.3, -0.25) is 0 Å². The van der Waals surface area contributed by atoms with Gasteiger partial charge in [0.2, 0.25) is 0 Å². The molecule has 0 fully saturated rings. The molecule has 2 heteroatoms. The molecule has 1 aromatic rings. The van der Waals surface area contributed by atoms with Crippen LogP contribution in [0.3, 0.4) is 0 Å². The Morgan fingerprint density at radius 1 is 1.35 bits per heavy atom. The van der Waals surface area contributed by atoms with Crippen molar-refractivity contribution in [3.05, 3.63) is 35.1 Å². The van der Waals surface area contributed by atoms with Gasteiger partial charge in [0.15, 0.2) is 0 Å². The van der Waals surface area contributed by atoms with Gasteiger partial charge in [0.05, 0.1) is 5.60 Å². The van der Waals surface area contributed by atoms with Crippen molar-refractivity contribution in [1.82, 2.24) is 0 Å². The Labute approximate surface area is 103 Å². The maximum atomic E-state index is 13.6. The van der Waals surface area contributed by atoms with Crippen LogP contribution in [0.25, 0.3) is 0 Å². The molecule has 1 aliphatic rings. The van der Waals surface area contributed by atoms with E-state index in [2.05, 4.69) is 13.8 Å². The number of hydrogen-bond acceptors (Lipinski definition) is 1. The van der Waals surface area contributed by atoms with Crippen molar-refractivity contribution >= 4 is 0 Å². The van der Waals surface area contributed by atoms with E-state index < -0.39 is 5.60 Å². The van der Waals surface area contributed by atoms with E-state index in [9.17, 15) is 9.50 Å². The van der Waals surface area contributed by atoms with Crippen LogP contribution < -0.4 is 0 Å². The number of hydrogen-bond donors (Lipinski definition) is 1. The molecule has 1 aromatic carbocycles. The topological polar surface area (TPSA) is 20.2 Å². The van der Waals surface area contributed by atoms with Crippen LogP contribution in [0.1, 0.15) is 50.7 Å². The number of halogens is 1. The second-order valence-electron chi connectivity index (χ2n) is 5.18. The lowest BCUT2D eigenvalue weighted by Gasteiger charge is -2.28. The fourth-order valence-corrected chi connectivity index (χ4v) is 2.98. The first kappa shape index (κ1) is 12.6. The highest BCUT2D eigenvalue weighted by atomic mass is 19.1. The Morgan fingerprint density at radius 3 is 2.71 bits per heavy atom. The molecular weight excluding hydrogens is 215 g/mol. The van der Waals surface area contributed by atoms with Gasteiger partial charge >= 0.3 is 0 Å². The summed E-state index contributed by atoms with van der Waals surface area (Å²) < 4.78 is 13.6. The van der Waals surface area contributed by atoms with Crippen molar-refractivity contribution in [2.45, 2.75) is 51.6 Å². The molecule has 0 saturated carbocycles. The quantitative estimate of drug-likeness (QED) is 0.843. The van der Waals surface area contributed by atoms with Gasteiger partial charge in [0.25, 0.3) is 0 Å². The summed E-state index contributed by atoms with van der Waals surface area (Å²) in [5, 5.41) is 10.7. The molecular formula is C15H21FO. The summed E-state index contributed by atoms with van der Waals surface area (Å²) in [5.74, 6) is 0.359. The largest absolute Gasteiger partial charge is 0.385 e. The van der Waals surface area contributed by atoms with Gasteiger partial charge in [0.1, 0.15) is 5.82 Å². The summed E-state index contributed by atoms with van der Waals surface area (Å²) in [6, 6.07) is 5.08. The predicted molar refractivity (Wildman–Crippen MR) is 67.3 cm³/mol. The van der Waals surface area contributed by atoms with Gasteiger partial charge in [-0.15, -0.1) is 0 Å². The van der Waals surface area contributed by atoms with Crippen molar-refractivity contribution in [3.63, 3.8) is 0 Å². The molecule has 1 atom stereocenters. The summed E-state index contributed by atoms with van der Waals surface area (Å²) in [7, 11) is 0. The number of aliphatic hydroxyl groups is 1. The molecule has 0 spiro atoms. The smallest absolute Gasteiger partial charge is 0.126 e. The summed E-state index contributed by atoms with van der Waals surface area (Å²) in [6.07, 6.45) is 4.24. The van der Waals surface area contributed by atoms with Crippen molar-refractivity contribution in [2.24, 2.45) is 5.92 Å². The summed E-state index contributed by atoms with van der Waals surface area (Å²) in [5.41, 5.74) is 0.749. The molecule has 0 heterocycles. The van der Waals surface area contributed by atoms with Crippen LogP contribution in [0.4, 0.5) is 4.39 Å². The monoisotopic (exact) mass is 236 g/mol. The SMILES string of the molecule is CCC(CC)CC1(O)CCc2c(F)cccc21. The molecule has 94 valence electrons. The summed E-state index contributed by atoms with van der Waals surface area (Å²) in [4.78, 5) is 0. The average Bonchev–Trinajstić information content (AvgIpc) is 2.66. The lowest BCUT2D eigenvalue weighted by molar-refractivity contribution is 0.0114. The Morgan fingerprint density at radius 2 is 2.06 bits per heavy atom. The minimum absolute atomic E-state index is 0.164. The van der Waals surface area contributed by atoms with Crippen LogP contribution >= 0.6 is 0 Å². The molecule has 1 nitrogen and oxygen atoms in total. The van der Waals surface area contributed by atoms with Gasteiger partial charge in [-0.1, -0.05) is 38.8 Å². The molecule has 0 aliphatic heterocycles. The van der Waals surface area contributed by atoms with Crippen molar-refractivity contribution < 1.29 is 9.50 Å². The van der Waals surface area contributed by atoms with Crippen molar-refractivity contribution in [3.8, 4) is 0 Å². The van der Waals surface area contributed by atoms with Crippen LogP contribution in [-0.4, -0.2) is 5.11 Å². The number of fused-ring (bicyclic) bond motifs is 1. The minimum atomic E-state index is -0.797. The molecule has 17 heavy (non-hydrogen) atoms. The summed E-state index contributed by atoms with van der Waals surface area (Å²) in [6.45, 7) is 4.30.